The number of aryl methyl sites for hydroxylation is 1. The average molecular weight is 374 g/mol. The molecule has 0 fully saturated rings. The Hall–Kier alpha value is -2.74. The van der Waals surface area contributed by atoms with Crippen molar-refractivity contribution in [3.05, 3.63) is 40.3 Å². The van der Waals surface area contributed by atoms with Crippen molar-refractivity contribution in [3.63, 3.8) is 0 Å². The Morgan fingerprint density at radius 2 is 1.89 bits per heavy atom. The highest BCUT2D eigenvalue weighted by Gasteiger charge is 2.11. The SMILES string of the molecule is CCOCCOc1ccc(-c2nnc(CCC(=O)N(C)CC)c(=O)[nH]2)cc1. The maximum absolute atomic E-state index is 12.2. The molecule has 1 aromatic heterocycles. The average Bonchev–Trinajstić information content (AvgIpc) is 2.70. The summed E-state index contributed by atoms with van der Waals surface area (Å²) in [5.41, 5.74) is 0.654. The van der Waals surface area contributed by atoms with E-state index in [1.54, 1.807) is 36.2 Å². The van der Waals surface area contributed by atoms with E-state index in [0.717, 1.165) is 5.56 Å². The third kappa shape index (κ3) is 6.18. The van der Waals surface area contributed by atoms with E-state index in [1.807, 2.05) is 13.8 Å². The second-order valence-electron chi connectivity index (χ2n) is 5.93. The van der Waals surface area contributed by atoms with Gasteiger partial charge in [-0.05, 0) is 38.1 Å². The zero-order valence-corrected chi connectivity index (χ0v) is 16.0. The topological polar surface area (TPSA) is 97.4 Å². The monoisotopic (exact) mass is 374 g/mol. The number of carbonyl (C=O) groups is 1. The van der Waals surface area contributed by atoms with E-state index in [0.29, 0.717) is 37.9 Å². The van der Waals surface area contributed by atoms with Crippen molar-refractivity contribution in [1.82, 2.24) is 20.1 Å². The summed E-state index contributed by atoms with van der Waals surface area (Å²) in [6, 6.07) is 7.20. The van der Waals surface area contributed by atoms with Crippen molar-refractivity contribution in [3.8, 4) is 17.1 Å². The van der Waals surface area contributed by atoms with Crippen molar-refractivity contribution in [2.45, 2.75) is 26.7 Å². The molecule has 2 aromatic rings. The Kier molecular flexibility index (Phi) is 7.94. The molecule has 146 valence electrons. The van der Waals surface area contributed by atoms with Gasteiger partial charge in [0.05, 0.1) is 6.61 Å². The quantitative estimate of drug-likeness (QED) is 0.635. The van der Waals surface area contributed by atoms with Gasteiger partial charge in [0.15, 0.2) is 5.82 Å². The maximum atomic E-state index is 12.2. The lowest BCUT2D eigenvalue weighted by Gasteiger charge is -2.13. The van der Waals surface area contributed by atoms with Gasteiger partial charge in [-0.3, -0.25) is 9.59 Å². The van der Waals surface area contributed by atoms with Crippen molar-refractivity contribution in [2.24, 2.45) is 0 Å². The first-order valence-corrected chi connectivity index (χ1v) is 9.06. The van der Waals surface area contributed by atoms with Crippen LogP contribution < -0.4 is 10.3 Å². The van der Waals surface area contributed by atoms with Gasteiger partial charge < -0.3 is 19.4 Å². The number of benzene rings is 1. The van der Waals surface area contributed by atoms with Crippen LogP contribution in [0.3, 0.4) is 0 Å². The lowest BCUT2D eigenvalue weighted by Crippen LogP contribution is -2.27. The molecule has 0 saturated carbocycles. The molecule has 0 spiro atoms. The second kappa shape index (κ2) is 10.4. The maximum Gasteiger partial charge on any atom is 0.273 e. The molecule has 0 atom stereocenters. The number of nitrogens with zero attached hydrogens (tertiary/aromatic N) is 3. The summed E-state index contributed by atoms with van der Waals surface area (Å²) < 4.78 is 10.8. The Morgan fingerprint density at radius 1 is 1.15 bits per heavy atom. The Bertz CT molecular complexity index is 789. The van der Waals surface area contributed by atoms with Crippen LogP contribution in [0, 0.1) is 0 Å². The minimum absolute atomic E-state index is 0.0253. The van der Waals surface area contributed by atoms with Crippen LogP contribution >= 0.6 is 0 Å². The van der Waals surface area contributed by atoms with Crippen LogP contribution in [-0.4, -0.2) is 59.4 Å². The summed E-state index contributed by atoms with van der Waals surface area (Å²) in [5.74, 6) is 1.06. The van der Waals surface area contributed by atoms with Crippen LogP contribution in [0.15, 0.2) is 29.1 Å². The third-order valence-electron chi connectivity index (χ3n) is 4.07. The number of carbonyl (C=O) groups excluding carboxylic acids is 1. The van der Waals surface area contributed by atoms with E-state index in [9.17, 15) is 9.59 Å². The zero-order valence-electron chi connectivity index (χ0n) is 16.0. The van der Waals surface area contributed by atoms with Crippen LogP contribution in [0.5, 0.6) is 5.75 Å². The van der Waals surface area contributed by atoms with Crippen LogP contribution in [0.4, 0.5) is 0 Å². The fourth-order valence-corrected chi connectivity index (χ4v) is 2.32. The number of H-pyrrole nitrogens is 1. The van der Waals surface area contributed by atoms with Gasteiger partial charge in [-0.25, -0.2) is 0 Å². The van der Waals surface area contributed by atoms with Gasteiger partial charge in [-0.1, -0.05) is 0 Å². The van der Waals surface area contributed by atoms with Gasteiger partial charge >= 0.3 is 0 Å². The fourth-order valence-electron chi connectivity index (χ4n) is 2.32. The predicted octanol–water partition coefficient (Wildman–Crippen LogP) is 1.66. The first-order valence-electron chi connectivity index (χ1n) is 9.06. The minimum atomic E-state index is -0.330. The van der Waals surface area contributed by atoms with Gasteiger partial charge in [0, 0.05) is 38.6 Å². The molecule has 2 rings (SSSR count). The molecule has 1 aromatic carbocycles. The van der Waals surface area contributed by atoms with Crippen LogP contribution in [0.2, 0.25) is 0 Å². The number of ether oxygens (including phenoxy) is 2. The molecule has 8 heteroatoms. The van der Waals surface area contributed by atoms with E-state index in [1.165, 1.54) is 0 Å². The molecule has 0 aliphatic carbocycles. The number of amides is 1. The Labute approximate surface area is 158 Å². The third-order valence-corrected chi connectivity index (χ3v) is 4.07. The predicted molar refractivity (Wildman–Crippen MR) is 102 cm³/mol. The fraction of sp³-hybridized carbons (Fsp3) is 0.474. The number of hydrogen-bond donors (Lipinski definition) is 1. The van der Waals surface area contributed by atoms with Gasteiger partial charge in [0.25, 0.3) is 5.56 Å². The van der Waals surface area contributed by atoms with E-state index < -0.39 is 0 Å². The molecule has 0 bridgehead atoms. The van der Waals surface area contributed by atoms with E-state index >= 15 is 0 Å². The van der Waals surface area contributed by atoms with Crippen molar-refractivity contribution in [1.29, 1.82) is 0 Å². The largest absolute Gasteiger partial charge is 0.491 e. The summed E-state index contributed by atoms with van der Waals surface area (Å²) in [6.45, 7) is 6.14. The molecule has 0 saturated heterocycles. The molecular formula is C19H26N4O4. The highest BCUT2D eigenvalue weighted by molar-refractivity contribution is 5.76. The van der Waals surface area contributed by atoms with Crippen LogP contribution in [0.25, 0.3) is 11.4 Å². The van der Waals surface area contributed by atoms with E-state index in [-0.39, 0.29) is 30.0 Å². The molecule has 0 radical (unpaired) electrons. The molecule has 1 heterocycles. The normalized spacial score (nSPS) is 10.6. The van der Waals surface area contributed by atoms with E-state index in [2.05, 4.69) is 15.2 Å². The van der Waals surface area contributed by atoms with Gasteiger partial charge in [0.1, 0.15) is 18.1 Å². The molecule has 1 N–H and O–H groups in total. The number of aromatic nitrogens is 3. The number of nitrogens with one attached hydrogen (secondary N) is 1. The molecule has 0 aliphatic heterocycles. The number of rotatable bonds is 10. The van der Waals surface area contributed by atoms with Gasteiger partial charge in [-0.15, -0.1) is 10.2 Å². The van der Waals surface area contributed by atoms with E-state index in [4.69, 9.17) is 9.47 Å². The first kappa shape index (κ1) is 20.6. The summed E-state index contributed by atoms with van der Waals surface area (Å²) in [6.07, 6.45) is 0.494. The van der Waals surface area contributed by atoms with Gasteiger partial charge in [0.2, 0.25) is 5.91 Å². The summed E-state index contributed by atoms with van der Waals surface area (Å²) >= 11 is 0. The minimum Gasteiger partial charge on any atom is -0.491 e. The molecule has 0 aliphatic rings. The van der Waals surface area contributed by atoms with Gasteiger partial charge in [-0.2, -0.15) is 0 Å². The van der Waals surface area contributed by atoms with Crippen molar-refractivity contribution >= 4 is 5.91 Å². The first-order chi connectivity index (χ1) is 13.0. The lowest BCUT2D eigenvalue weighted by molar-refractivity contribution is -0.129. The summed E-state index contributed by atoms with van der Waals surface area (Å²) in [7, 11) is 1.73. The number of aromatic amines is 1. The zero-order chi connectivity index (χ0) is 19.6. The standard InChI is InChI=1S/C19H26N4O4/c1-4-23(3)17(24)11-10-16-19(25)20-18(22-21-16)14-6-8-15(9-7-14)27-13-12-26-5-2/h6-9H,4-5,10-13H2,1-3H3,(H,20,22,25). The molecule has 0 unspecified atom stereocenters. The van der Waals surface area contributed by atoms with Crippen LogP contribution in [0.1, 0.15) is 26.0 Å². The number of hydrogen-bond acceptors (Lipinski definition) is 6. The molecule has 1 amide bonds. The molecular weight excluding hydrogens is 348 g/mol. The smallest absolute Gasteiger partial charge is 0.273 e. The summed E-state index contributed by atoms with van der Waals surface area (Å²) in [4.78, 5) is 28.4. The molecule has 8 nitrogen and oxygen atoms in total. The molecule has 27 heavy (non-hydrogen) atoms. The summed E-state index contributed by atoms with van der Waals surface area (Å²) in [5, 5.41) is 8.07. The van der Waals surface area contributed by atoms with Crippen molar-refractivity contribution in [2.75, 3.05) is 33.4 Å². The highest BCUT2D eigenvalue weighted by Crippen LogP contribution is 2.18. The van der Waals surface area contributed by atoms with Crippen molar-refractivity contribution < 1.29 is 14.3 Å². The Morgan fingerprint density at radius 3 is 2.52 bits per heavy atom. The lowest BCUT2D eigenvalue weighted by atomic mass is 10.2. The second-order valence-corrected chi connectivity index (χ2v) is 5.93. The Balaban J connectivity index is 1.98. The van der Waals surface area contributed by atoms with Crippen LogP contribution in [-0.2, 0) is 16.0 Å². The highest BCUT2D eigenvalue weighted by atomic mass is 16.5.